The number of benzene rings is 1. The van der Waals surface area contributed by atoms with Crippen molar-refractivity contribution in [3.05, 3.63) is 46.2 Å². The molecule has 0 spiro atoms. The van der Waals surface area contributed by atoms with Gasteiger partial charge in [-0.15, -0.1) is 11.3 Å². The highest BCUT2D eigenvalue weighted by atomic mass is 32.2. The molecule has 0 bridgehead atoms. The van der Waals surface area contributed by atoms with Crippen molar-refractivity contribution in [2.75, 3.05) is 24.4 Å². The summed E-state index contributed by atoms with van der Waals surface area (Å²) in [5, 5.41) is 1.59. The predicted octanol–water partition coefficient (Wildman–Crippen LogP) is 3.27. The zero-order valence-corrected chi connectivity index (χ0v) is 18.0. The van der Waals surface area contributed by atoms with Crippen LogP contribution in [0.25, 0.3) is 0 Å². The van der Waals surface area contributed by atoms with E-state index in [2.05, 4.69) is 4.72 Å². The molecule has 156 valence electrons. The Labute approximate surface area is 174 Å². The van der Waals surface area contributed by atoms with E-state index in [0.29, 0.717) is 31.7 Å². The Bertz CT molecular complexity index is 983. The number of esters is 1. The molecule has 2 aromatic rings. The molecule has 2 heterocycles. The van der Waals surface area contributed by atoms with E-state index in [9.17, 15) is 18.0 Å². The number of carbonyl (C=O) groups is 2. The van der Waals surface area contributed by atoms with Gasteiger partial charge in [-0.3, -0.25) is 14.3 Å². The number of nitrogens with zero attached hydrogens (tertiary/aromatic N) is 1. The summed E-state index contributed by atoms with van der Waals surface area (Å²) in [6.45, 7) is 4.67. The number of aryl methyl sites for hydroxylation is 1. The first-order valence-electron chi connectivity index (χ1n) is 9.44. The lowest BCUT2D eigenvalue weighted by Crippen LogP contribution is -2.43. The Kier molecular flexibility index (Phi) is 6.59. The smallest absolute Gasteiger partial charge is 0.310 e. The van der Waals surface area contributed by atoms with Crippen LogP contribution in [0.4, 0.5) is 5.69 Å². The van der Waals surface area contributed by atoms with Gasteiger partial charge in [0.15, 0.2) is 0 Å². The molecule has 1 amide bonds. The summed E-state index contributed by atoms with van der Waals surface area (Å²) in [5.74, 6) is -1.07. The average Bonchev–Trinajstić information content (AvgIpc) is 3.20. The molecule has 1 aliphatic heterocycles. The molecule has 1 aromatic carbocycles. The molecule has 0 saturated carbocycles. The second-order valence-corrected chi connectivity index (χ2v) is 9.49. The lowest BCUT2D eigenvalue weighted by molar-refractivity contribution is -0.149. The lowest BCUT2D eigenvalue weighted by Gasteiger charge is -2.31. The summed E-state index contributed by atoms with van der Waals surface area (Å²) in [5.41, 5.74) is 1.45. The van der Waals surface area contributed by atoms with E-state index >= 15 is 0 Å². The van der Waals surface area contributed by atoms with Gasteiger partial charge in [0.25, 0.3) is 15.9 Å². The molecule has 0 aliphatic carbocycles. The number of sulfonamides is 1. The number of piperidine rings is 1. The van der Waals surface area contributed by atoms with Crippen molar-refractivity contribution in [2.45, 2.75) is 31.6 Å². The van der Waals surface area contributed by atoms with Crippen molar-refractivity contribution >= 4 is 38.9 Å². The molecular formula is C20H24N2O5S2. The van der Waals surface area contributed by atoms with E-state index in [1.807, 2.05) is 6.92 Å². The zero-order valence-electron chi connectivity index (χ0n) is 16.4. The molecule has 0 radical (unpaired) electrons. The molecular weight excluding hydrogens is 412 g/mol. The van der Waals surface area contributed by atoms with Crippen LogP contribution in [0.15, 0.2) is 40.6 Å². The highest BCUT2D eigenvalue weighted by molar-refractivity contribution is 7.93. The van der Waals surface area contributed by atoms with Crippen LogP contribution in [0, 0.1) is 12.8 Å². The van der Waals surface area contributed by atoms with Gasteiger partial charge in [-0.05, 0) is 50.3 Å². The number of amides is 1. The normalized spacial score (nSPS) is 17.0. The Hall–Kier alpha value is -2.39. The first kappa shape index (κ1) is 21.3. The number of hydrogen-bond acceptors (Lipinski definition) is 6. The van der Waals surface area contributed by atoms with Crippen molar-refractivity contribution in [2.24, 2.45) is 5.92 Å². The van der Waals surface area contributed by atoms with E-state index in [0.717, 1.165) is 16.9 Å². The Morgan fingerprint density at radius 1 is 1.24 bits per heavy atom. The molecule has 1 aromatic heterocycles. The number of ether oxygens (including phenoxy) is 1. The summed E-state index contributed by atoms with van der Waals surface area (Å²) >= 11 is 1.08. The monoisotopic (exact) mass is 436 g/mol. The van der Waals surface area contributed by atoms with Crippen LogP contribution in [-0.2, 0) is 19.6 Å². The van der Waals surface area contributed by atoms with E-state index in [-0.39, 0.29) is 34.1 Å². The van der Waals surface area contributed by atoms with Crippen molar-refractivity contribution in [1.82, 2.24) is 4.90 Å². The molecule has 1 fully saturated rings. The molecule has 1 N–H and O–H groups in total. The lowest BCUT2D eigenvalue weighted by atomic mass is 9.98. The SMILES string of the molecule is CCOC(=O)C1CCCN(C(=O)c2sccc2S(=O)(=O)Nc2ccc(C)cc2)C1. The summed E-state index contributed by atoms with van der Waals surface area (Å²) in [4.78, 5) is 26.7. The van der Waals surface area contributed by atoms with Crippen molar-refractivity contribution < 1.29 is 22.7 Å². The van der Waals surface area contributed by atoms with Crippen LogP contribution >= 0.6 is 11.3 Å². The van der Waals surface area contributed by atoms with Crippen LogP contribution < -0.4 is 4.72 Å². The van der Waals surface area contributed by atoms with Gasteiger partial charge in [0.1, 0.15) is 9.77 Å². The fourth-order valence-corrected chi connectivity index (χ4v) is 5.70. The van der Waals surface area contributed by atoms with E-state index in [4.69, 9.17) is 4.74 Å². The number of thiophene rings is 1. The summed E-state index contributed by atoms with van der Waals surface area (Å²) in [7, 11) is -3.91. The third-order valence-corrected chi connectivity index (χ3v) is 7.20. The zero-order chi connectivity index (χ0) is 21.0. The van der Waals surface area contributed by atoms with Crippen LogP contribution in [0.1, 0.15) is 35.0 Å². The quantitative estimate of drug-likeness (QED) is 0.702. The maximum Gasteiger partial charge on any atom is 0.310 e. The third kappa shape index (κ3) is 4.97. The number of anilines is 1. The van der Waals surface area contributed by atoms with Gasteiger partial charge in [0.05, 0.1) is 12.5 Å². The molecule has 1 atom stereocenters. The van der Waals surface area contributed by atoms with Gasteiger partial charge in [-0.2, -0.15) is 0 Å². The maximum atomic E-state index is 13.0. The minimum Gasteiger partial charge on any atom is -0.466 e. The van der Waals surface area contributed by atoms with Gasteiger partial charge in [0.2, 0.25) is 0 Å². The van der Waals surface area contributed by atoms with Crippen LogP contribution in [0.5, 0.6) is 0 Å². The minimum atomic E-state index is -3.91. The van der Waals surface area contributed by atoms with E-state index in [1.54, 1.807) is 41.5 Å². The fraction of sp³-hybridized carbons (Fsp3) is 0.400. The standard InChI is InChI=1S/C20H24N2O5S2/c1-3-27-20(24)15-5-4-11-22(13-15)19(23)18-17(10-12-28-18)29(25,26)21-16-8-6-14(2)7-9-16/h6-10,12,15,21H,3-5,11,13H2,1-2H3. The maximum absolute atomic E-state index is 13.0. The first-order valence-corrected chi connectivity index (χ1v) is 11.8. The van der Waals surface area contributed by atoms with Crippen LogP contribution in [-0.4, -0.2) is 44.9 Å². The number of nitrogens with one attached hydrogen (secondary N) is 1. The van der Waals surface area contributed by atoms with E-state index in [1.165, 1.54) is 6.07 Å². The van der Waals surface area contributed by atoms with Crippen LogP contribution in [0.3, 0.4) is 0 Å². The van der Waals surface area contributed by atoms with Gasteiger partial charge in [-0.25, -0.2) is 8.42 Å². The van der Waals surface area contributed by atoms with Crippen molar-refractivity contribution in [3.63, 3.8) is 0 Å². The van der Waals surface area contributed by atoms with Crippen molar-refractivity contribution in [1.29, 1.82) is 0 Å². The second kappa shape index (κ2) is 8.96. The number of carbonyl (C=O) groups excluding carboxylic acids is 2. The molecule has 1 unspecified atom stereocenters. The third-order valence-electron chi connectivity index (χ3n) is 4.75. The Morgan fingerprint density at radius 3 is 2.66 bits per heavy atom. The van der Waals surface area contributed by atoms with Crippen molar-refractivity contribution in [3.8, 4) is 0 Å². The highest BCUT2D eigenvalue weighted by Crippen LogP contribution is 2.28. The summed E-state index contributed by atoms with van der Waals surface area (Å²) in [6.07, 6.45) is 1.33. The summed E-state index contributed by atoms with van der Waals surface area (Å²) in [6, 6.07) is 8.40. The largest absolute Gasteiger partial charge is 0.466 e. The number of hydrogen-bond donors (Lipinski definition) is 1. The molecule has 3 rings (SSSR count). The molecule has 9 heteroatoms. The highest BCUT2D eigenvalue weighted by Gasteiger charge is 2.33. The Balaban J connectivity index is 1.78. The Morgan fingerprint density at radius 2 is 1.97 bits per heavy atom. The molecule has 29 heavy (non-hydrogen) atoms. The topological polar surface area (TPSA) is 92.8 Å². The average molecular weight is 437 g/mol. The van der Waals surface area contributed by atoms with Crippen LogP contribution in [0.2, 0.25) is 0 Å². The van der Waals surface area contributed by atoms with Gasteiger partial charge in [0, 0.05) is 18.8 Å². The molecule has 1 saturated heterocycles. The first-order chi connectivity index (χ1) is 13.8. The van der Waals surface area contributed by atoms with Gasteiger partial charge >= 0.3 is 5.97 Å². The summed E-state index contributed by atoms with van der Waals surface area (Å²) < 4.78 is 33.3. The molecule has 1 aliphatic rings. The fourth-order valence-electron chi connectivity index (χ4n) is 3.25. The predicted molar refractivity (Wildman–Crippen MR) is 112 cm³/mol. The second-order valence-electron chi connectivity index (χ2n) is 6.93. The minimum absolute atomic E-state index is 0.0497. The number of likely N-dealkylation sites (tertiary alicyclic amines) is 1. The number of rotatable bonds is 6. The van der Waals surface area contributed by atoms with Gasteiger partial charge in [-0.1, -0.05) is 17.7 Å². The van der Waals surface area contributed by atoms with Gasteiger partial charge < -0.3 is 9.64 Å². The van der Waals surface area contributed by atoms with E-state index < -0.39 is 10.0 Å². The molecule has 7 nitrogen and oxygen atoms in total.